The normalized spacial score (nSPS) is 11.6. The number of thioether (sulfide) groups is 1. The molecule has 5 rings (SSSR count). The van der Waals surface area contributed by atoms with Crippen molar-refractivity contribution in [1.29, 1.82) is 0 Å². The number of nitrogens with one attached hydrogen (secondary N) is 2. The maximum atomic E-state index is 13.9. The molecule has 0 aliphatic rings. The van der Waals surface area contributed by atoms with Crippen molar-refractivity contribution in [3.63, 3.8) is 0 Å². The third kappa shape index (κ3) is 5.88. The van der Waals surface area contributed by atoms with Gasteiger partial charge in [-0.3, -0.25) is 9.59 Å². The molecule has 0 fully saturated rings. The molecular formula is C31H23FN2O2S. The van der Waals surface area contributed by atoms with Gasteiger partial charge >= 0.3 is 0 Å². The van der Waals surface area contributed by atoms with E-state index in [1.807, 2.05) is 84.9 Å². The number of halogens is 1. The maximum absolute atomic E-state index is 13.9. The lowest BCUT2D eigenvalue weighted by Crippen LogP contribution is -2.19. The molecular weight excluding hydrogens is 483 g/mol. The van der Waals surface area contributed by atoms with Crippen LogP contribution in [0.25, 0.3) is 10.8 Å². The molecule has 1 unspecified atom stereocenters. The summed E-state index contributed by atoms with van der Waals surface area (Å²) >= 11 is 1.41. The average Bonchev–Trinajstić information content (AvgIpc) is 2.93. The maximum Gasteiger partial charge on any atom is 0.258 e. The summed E-state index contributed by atoms with van der Waals surface area (Å²) in [6.07, 6.45) is 0. The second-order valence-corrected chi connectivity index (χ2v) is 9.60. The van der Waals surface area contributed by atoms with E-state index in [9.17, 15) is 14.0 Å². The smallest absolute Gasteiger partial charge is 0.258 e. The molecule has 2 amide bonds. The van der Waals surface area contributed by atoms with Crippen LogP contribution in [0.5, 0.6) is 0 Å². The van der Waals surface area contributed by atoms with Crippen molar-refractivity contribution >= 4 is 45.7 Å². The van der Waals surface area contributed by atoms with Crippen molar-refractivity contribution in [2.45, 2.75) is 10.1 Å². The number of amides is 2. The number of fused-ring (bicyclic) bond motifs is 1. The van der Waals surface area contributed by atoms with Crippen LogP contribution in [-0.4, -0.2) is 11.8 Å². The SMILES string of the molecule is O=C(Nc1ccc(SC(C(=O)Nc2ccc3ccccc3c2)c2ccccc2)cc1)c1ccccc1F. The van der Waals surface area contributed by atoms with Gasteiger partial charge in [0.15, 0.2) is 0 Å². The molecule has 5 aromatic rings. The zero-order valence-electron chi connectivity index (χ0n) is 19.7. The zero-order valence-corrected chi connectivity index (χ0v) is 20.5. The minimum Gasteiger partial charge on any atom is -0.325 e. The first kappa shape index (κ1) is 24.3. The Kier molecular flexibility index (Phi) is 7.28. The van der Waals surface area contributed by atoms with Gasteiger partial charge < -0.3 is 10.6 Å². The molecule has 1 atom stereocenters. The second-order valence-electron chi connectivity index (χ2n) is 8.42. The van der Waals surface area contributed by atoms with E-state index in [1.54, 1.807) is 18.2 Å². The minimum absolute atomic E-state index is 0.0181. The van der Waals surface area contributed by atoms with Gasteiger partial charge in [0.2, 0.25) is 5.91 Å². The highest BCUT2D eigenvalue weighted by molar-refractivity contribution is 8.00. The van der Waals surface area contributed by atoms with Crippen LogP contribution in [0.2, 0.25) is 0 Å². The molecule has 5 aromatic carbocycles. The van der Waals surface area contributed by atoms with Gasteiger partial charge in [-0.1, -0.05) is 72.8 Å². The van der Waals surface area contributed by atoms with E-state index in [0.29, 0.717) is 5.69 Å². The summed E-state index contributed by atoms with van der Waals surface area (Å²) in [6.45, 7) is 0. The average molecular weight is 507 g/mol. The number of carbonyl (C=O) groups excluding carboxylic acids is 2. The van der Waals surface area contributed by atoms with Gasteiger partial charge in [0.05, 0.1) is 5.56 Å². The molecule has 6 heteroatoms. The number of anilines is 2. The Bertz CT molecular complexity index is 1560. The van der Waals surface area contributed by atoms with Crippen molar-refractivity contribution in [2.24, 2.45) is 0 Å². The molecule has 0 spiro atoms. The summed E-state index contributed by atoms with van der Waals surface area (Å²) in [5.41, 5.74) is 2.13. The third-order valence-electron chi connectivity index (χ3n) is 5.84. The van der Waals surface area contributed by atoms with E-state index in [4.69, 9.17) is 0 Å². The Labute approximate surface area is 218 Å². The topological polar surface area (TPSA) is 58.2 Å². The van der Waals surface area contributed by atoms with Gasteiger partial charge in [-0.25, -0.2) is 4.39 Å². The Balaban J connectivity index is 1.32. The van der Waals surface area contributed by atoms with Crippen molar-refractivity contribution < 1.29 is 14.0 Å². The quantitative estimate of drug-likeness (QED) is 0.222. The largest absolute Gasteiger partial charge is 0.325 e. The molecule has 0 aromatic heterocycles. The number of benzene rings is 5. The van der Waals surface area contributed by atoms with E-state index >= 15 is 0 Å². The lowest BCUT2D eigenvalue weighted by molar-refractivity contribution is -0.115. The molecule has 0 bridgehead atoms. The Morgan fingerprint density at radius 2 is 1.30 bits per heavy atom. The van der Waals surface area contributed by atoms with Gasteiger partial charge in [-0.15, -0.1) is 11.8 Å². The standard InChI is InChI=1S/C31H23FN2O2S/c32-28-13-7-6-12-27(28)30(35)33-24-16-18-26(19-17-24)37-29(22-9-2-1-3-10-22)31(36)34-25-15-14-21-8-4-5-11-23(21)20-25/h1-20,29H,(H,33,35)(H,34,36). The highest BCUT2D eigenvalue weighted by atomic mass is 32.2. The highest BCUT2D eigenvalue weighted by Crippen LogP contribution is 2.37. The van der Waals surface area contributed by atoms with Crippen molar-refractivity contribution in [2.75, 3.05) is 10.6 Å². The molecule has 0 saturated carbocycles. The van der Waals surface area contributed by atoms with Gasteiger partial charge in [0.1, 0.15) is 11.1 Å². The van der Waals surface area contributed by atoms with Gasteiger partial charge in [-0.2, -0.15) is 0 Å². The molecule has 0 aliphatic heterocycles. The fraction of sp³-hybridized carbons (Fsp3) is 0.0323. The highest BCUT2D eigenvalue weighted by Gasteiger charge is 2.22. The van der Waals surface area contributed by atoms with Crippen LogP contribution in [0.15, 0.2) is 126 Å². The first-order chi connectivity index (χ1) is 18.1. The fourth-order valence-electron chi connectivity index (χ4n) is 3.97. The predicted molar refractivity (Wildman–Crippen MR) is 148 cm³/mol. The molecule has 0 heterocycles. The van der Waals surface area contributed by atoms with Crippen LogP contribution >= 0.6 is 11.8 Å². The first-order valence-electron chi connectivity index (χ1n) is 11.7. The van der Waals surface area contributed by atoms with E-state index in [0.717, 1.165) is 26.9 Å². The van der Waals surface area contributed by atoms with Crippen molar-refractivity contribution in [1.82, 2.24) is 0 Å². The van der Waals surface area contributed by atoms with Crippen LogP contribution in [0, 0.1) is 5.82 Å². The summed E-state index contributed by atoms with van der Waals surface area (Å²) in [5, 5.41) is 7.44. The first-order valence-corrected chi connectivity index (χ1v) is 12.6. The lowest BCUT2D eigenvalue weighted by atomic mass is 10.1. The minimum atomic E-state index is -0.574. The lowest BCUT2D eigenvalue weighted by Gasteiger charge is -2.18. The zero-order chi connectivity index (χ0) is 25.6. The summed E-state index contributed by atoms with van der Waals surface area (Å²) in [7, 11) is 0. The summed E-state index contributed by atoms with van der Waals surface area (Å²) in [6, 6.07) is 36.5. The Morgan fingerprint density at radius 3 is 2.05 bits per heavy atom. The van der Waals surface area contributed by atoms with Gasteiger partial charge in [-0.05, 0) is 64.9 Å². The van der Waals surface area contributed by atoms with E-state index in [1.165, 1.54) is 30.0 Å². The predicted octanol–water partition coefficient (Wildman–Crippen LogP) is 7.70. The molecule has 37 heavy (non-hydrogen) atoms. The van der Waals surface area contributed by atoms with E-state index < -0.39 is 17.0 Å². The second kappa shape index (κ2) is 11.1. The Hall–Kier alpha value is -4.42. The van der Waals surface area contributed by atoms with Crippen LogP contribution in [0.4, 0.5) is 15.8 Å². The molecule has 0 saturated heterocycles. The van der Waals surface area contributed by atoms with Crippen molar-refractivity contribution in [3.05, 3.63) is 138 Å². The molecule has 182 valence electrons. The van der Waals surface area contributed by atoms with Crippen LogP contribution in [0.1, 0.15) is 21.2 Å². The molecule has 2 N–H and O–H groups in total. The third-order valence-corrected chi connectivity index (χ3v) is 7.11. The number of hydrogen-bond acceptors (Lipinski definition) is 3. The number of carbonyl (C=O) groups is 2. The van der Waals surface area contributed by atoms with E-state index in [-0.39, 0.29) is 11.5 Å². The fourth-order valence-corrected chi connectivity index (χ4v) is 5.00. The molecule has 0 radical (unpaired) electrons. The van der Waals surface area contributed by atoms with Crippen LogP contribution in [-0.2, 0) is 4.79 Å². The summed E-state index contributed by atoms with van der Waals surface area (Å²) < 4.78 is 13.9. The molecule has 0 aliphatic carbocycles. The summed E-state index contributed by atoms with van der Waals surface area (Å²) in [4.78, 5) is 26.7. The van der Waals surface area contributed by atoms with Crippen molar-refractivity contribution in [3.8, 4) is 0 Å². The number of rotatable bonds is 7. The van der Waals surface area contributed by atoms with Gasteiger partial charge in [0, 0.05) is 16.3 Å². The van der Waals surface area contributed by atoms with Crippen LogP contribution < -0.4 is 10.6 Å². The van der Waals surface area contributed by atoms with E-state index in [2.05, 4.69) is 10.6 Å². The summed E-state index contributed by atoms with van der Waals surface area (Å²) in [5.74, 6) is -1.23. The Morgan fingerprint density at radius 1 is 0.649 bits per heavy atom. The van der Waals surface area contributed by atoms with Crippen LogP contribution in [0.3, 0.4) is 0 Å². The number of hydrogen-bond donors (Lipinski definition) is 2. The molecule has 4 nitrogen and oxygen atoms in total. The monoisotopic (exact) mass is 506 g/mol. The van der Waals surface area contributed by atoms with Gasteiger partial charge in [0.25, 0.3) is 5.91 Å².